The molecule has 0 N–H and O–H groups in total. The summed E-state index contributed by atoms with van der Waals surface area (Å²) in [6.07, 6.45) is 5.83. The predicted octanol–water partition coefficient (Wildman–Crippen LogP) is 10.6. The Hall–Kier alpha value is -6.14. The molecule has 0 atom stereocenters. The van der Waals surface area contributed by atoms with Crippen LogP contribution in [0.25, 0.3) is 60.9 Å². The summed E-state index contributed by atoms with van der Waals surface area (Å²) in [4.78, 5) is 9.66. The number of fused-ring (bicyclic) bond motifs is 6. The molecular weight excluding hydrogens is 590 g/mol. The van der Waals surface area contributed by atoms with Crippen molar-refractivity contribution in [3.8, 4) is 28.7 Å². The highest BCUT2D eigenvalue weighted by molar-refractivity contribution is 6.09. The van der Waals surface area contributed by atoms with Crippen LogP contribution >= 0.6 is 0 Å². The van der Waals surface area contributed by atoms with Gasteiger partial charge in [0.05, 0.1) is 34.1 Å². The third-order valence-corrected chi connectivity index (χ3v) is 9.18. The predicted molar refractivity (Wildman–Crippen MR) is 195 cm³/mol. The Labute approximate surface area is 278 Å². The third-order valence-electron chi connectivity index (χ3n) is 9.18. The first-order valence-electron chi connectivity index (χ1n) is 16.2. The van der Waals surface area contributed by atoms with E-state index < -0.39 is 0 Å². The van der Waals surface area contributed by atoms with Gasteiger partial charge in [-0.15, -0.1) is 0 Å². The van der Waals surface area contributed by atoms with E-state index in [9.17, 15) is 0 Å². The molecule has 0 saturated heterocycles. The van der Waals surface area contributed by atoms with Gasteiger partial charge >= 0.3 is 0 Å². The molecule has 4 heterocycles. The normalized spacial score (nSPS) is 12.1. The van der Waals surface area contributed by atoms with Gasteiger partial charge in [0, 0.05) is 39.9 Å². The molecule has 0 aliphatic rings. The van der Waals surface area contributed by atoms with E-state index in [-0.39, 0.29) is 5.41 Å². The van der Waals surface area contributed by atoms with Gasteiger partial charge in [0.2, 0.25) is 0 Å². The van der Waals surface area contributed by atoms with Crippen LogP contribution in [0, 0.1) is 0 Å². The fourth-order valence-corrected chi connectivity index (χ4v) is 6.84. The van der Waals surface area contributed by atoms with Crippen molar-refractivity contribution in [3.63, 3.8) is 0 Å². The van der Waals surface area contributed by atoms with Crippen LogP contribution in [0.3, 0.4) is 0 Å². The van der Waals surface area contributed by atoms with E-state index >= 15 is 0 Å². The molecule has 0 bridgehead atoms. The Balaban J connectivity index is 1.12. The lowest BCUT2D eigenvalue weighted by Gasteiger charge is -2.21. The molecule has 6 nitrogen and oxygen atoms in total. The summed E-state index contributed by atoms with van der Waals surface area (Å²) in [7, 11) is 0. The van der Waals surface area contributed by atoms with Crippen LogP contribution in [0.1, 0.15) is 26.3 Å². The van der Waals surface area contributed by atoms with Crippen molar-refractivity contribution in [1.29, 1.82) is 0 Å². The molecule has 232 valence electrons. The zero-order valence-electron chi connectivity index (χ0n) is 27.0. The standard InChI is InChI=1S/C42H33N5O/c1-42(2,3)28-22-30(45-26-40(44-27-45)47-38-19-8-4-14-33(38)34-15-5-9-20-39(34)47)25-32(23-28)48-31-13-10-12-29(24-31)46-37-18-7-6-16-35(37)36-17-11-21-43-41(36)46/h4-27H,1-3H3. The fourth-order valence-electron chi connectivity index (χ4n) is 6.84. The molecule has 0 radical (unpaired) electrons. The van der Waals surface area contributed by atoms with E-state index in [1.165, 1.54) is 21.7 Å². The number of imidazole rings is 1. The molecule has 9 rings (SSSR count). The molecule has 0 amide bonds. The summed E-state index contributed by atoms with van der Waals surface area (Å²) in [6.45, 7) is 6.68. The Morgan fingerprint density at radius 1 is 0.542 bits per heavy atom. The molecule has 0 spiro atoms. The summed E-state index contributed by atoms with van der Waals surface area (Å²) in [5.74, 6) is 2.38. The summed E-state index contributed by atoms with van der Waals surface area (Å²) in [5.41, 5.74) is 7.36. The van der Waals surface area contributed by atoms with Gasteiger partial charge in [0.25, 0.3) is 0 Å². The largest absolute Gasteiger partial charge is 0.457 e. The molecule has 4 aromatic heterocycles. The van der Waals surface area contributed by atoms with Gasteiger partial charge in [-0.05, 0) is 65.6 Å². The highest BCUT2D eigenvalue weighted by Crippen LogP contribution is 2.36. The van der Waals surface area contributed by atoms with E-state index in [4.69, 9.17) is 14.7 Å². The smallest absolute Gasteiger partial charge is 0.156 e. The fraction of sp³-hybridized carbons (Fsp3) is 0.0952. The molecule has 6 heteroatoms. The minimum Gasteiger partial charge on any atom is -0.457 e. The van der Waals surface area contributed by atoms with Crippen molar-refractivity contribution in [2.75, 3.05) is 0 Å². The first-order chi connectivity index (χ1) is 23.4. The molecule has 0 unspecified atom stereocenters. The van der Waals surface area contributed by atoms with Gasteiger partial charge in [-0.2, -0.15) is 0 Å². The second kappa shape index (κ2) is 10.7. The highest BCUT2D eigenvalue weighted by Gasteiger charge is 2.19. The van der Waals surface area contributed by atoms with Gasteiger partial charge in [0.15, 0.2) is 5.82 Å². The van der Waals surface area contributed by atoms with Crippen LogP contribution in [0.15, 0.2) is 146 Å². The summed E-state index contributed by atoms with van der Waals surface area (Å²) < 4.78 is 13.2. The zero-order valence-corrected chi connectivity index (χ0v) is 27.0. The molecule has 48 heavy (non-hydrogen) atoms. The SMILES string of the molecule is CC(C)(C)c1cc(Oc2cccc(-n3c4ccccc4c4cccnc43)c2)cc(-n2cnc(-n3c4ccccc4c4ccccc43)c2)c1. The van der Waals surface area contributed by atoms with Gasteiger partial charge in [-0.1, -0.05) is 81.4 Å². The first-order valence-corrected chi connectivity index (χ1v) is 16.2. The molecule has 0 fully saturated rings. The van der Waals surface area contributed by atoms with E-state index in [1.807, 2.05) is 30.7 Å². The van der Waals surface area contributed by atoms with E-state index in [0.29, 0.717) is 0 Å². The van der Waals surface area contributed by atoms with E-state index in [1.54, 1.807) is 0 Å². The zero-order chi connectivity index (χ0) is 32.4. The lowest BCUT2D eigenvalue weighted by atomic mass is 9.86. The van der Waals surface area contributed by atoms with Gasteiger partial charge in [0.1, 0.15) is 23.5 Å². The number of aromatic nitrogens is 5. The molecule has 9 aromatic rings. The second-order valence-electron chi connectivity index (χ2n) is 13.3. The van der Waals surface area contributed by atoms with Crippen LogP contribution in [0.5, 0.6) is 11.5 Å². The van der Waals surface area contributed by atoms with Crippen molar-refractivity contribution in [2.45, 2.75) is 26.2 Å². The van der Waals surface area contributed by atoms with Crippen LogP contribution in [0.4, 0.5) is 0 Å². The minimum atomic E-state index is -0.0964. The maximum Gasteiger partial charge on any atom is 0.156 e. The van der Waals surface area contributed by atoms with Crippen LogP contribution in [0.2, 0.25) is 0 Å². The van der Waals surface area contributed by atoms with Crippen molar-refractivity contribution in [1.82, 2.24) is 23.7 Å². The van der Waals surface area contributed by atoms with E-state index in [0.717, 1.165) is 56.3 Å². The Morgan fingerprint density at radius 3 is 1.88 bits per heavy atom. The monoisotopic (exact) mass is 623 g/mol. The maximum absolute atomic E-state index is 6.66. The quantitative estimate of drug-likeness (QED) is 0.192. The van der Waals surface area contributed by atoms with Crippen LogP contribution < -0.4 is 4.74 Å². The van der Waals surface area contributed by atoms with Crippen molar-refractivity contribution < 1.29 is 4.74 Å². The Morgan fingerprint density at radius 2 is 1.17 bits per heavy atom. The number of benzene rings is 5. The number of pyridine rings is 1. The van der Waals surface area contributed by atoms with Crippen molar-refractivity contribution in [2.24, 2.45) is 0 Å². The summed E-state index contributed by atoms with van der Waals surface area (Å²) >= 11 is 0. The van der Waals surface area contributed by atoms with Gasteiger partial charge in [-0.25, -0.2) is 9.97 Å². The van der Waals surface area contributed by atoms with Gasteiger partial charge < -0.3 is 9.30 Å². The summed E-state index contributed by atoms with van der Waals surface area (Å²) in [5, 5.41) is 4.73. The molecule has 5 aromatic carbocycles. The maximum atomic E-state index is 6.66. The number of rotatable bonds is 5. The molecular formula is C42H33N5O. The molecule has 0 aliphatic heterocycles. The third kappa shape index (κ3) is 4.56. The number of nitrogens with zero attached hydrogens (tertiary/aromatic N) is 5. The van der Waals surface area contributed by atoms with Crippen LogP contribution in [-0.4, -0.2) is 23.7 Å². The number of hydrogen-bond donors (Lipinski definition) is 0. The average molecular weight is 624 g/mol. The Bertz CT molecular complexity index is 2540. The lowest BCUT2D eigenvalue weighted by Crippen LogP contribution is -2.12. The average Bonchev–Trinajstić information content (AvgIpc) is 3.81. The van der Waals surface area contributed by atoms with Gasteiger partial charge in [-0.3, -0.25) is 9.13 Å². The number of para-hydroxylation sites is 3. The van der Waals surface area contributed by atoms with Crippen molar-refractivity contribution >= 4 is 43.7 Å². The second-order valence-corrected chi connectivity index (χ2v) is 13.3. The van der Waals surface area contributed by atoms with Crippen LogP contribution in [-0.2, 0) is 5.41 Å². The Kier molecular flexibility index (Phi) is 6.27. The van der Waals surface area contributed by atoms with Crippen molar-refractivity contribution in [3.05, 3.63) is 152 Å². The molecule has 0 saturated carbocycles. The summed E-state index contributed by atoms with van der Waals surface area (Å²) in [6, 6.07) is 44.2. The number of hydrogen-bond acceptors (Lipinski definition) is 3. The molecule has 0 aliphatic carbocycles. The topological polar surface area (TPSA) is 49.8 Å². The minimum absolute atomic E-state index is 0.0964. The number of ether oxygens (including phenoxy) is 1. The highest BCUT2D eigenvalue weighted by atomic mass is 16.5. The first kappa shape index (κ1) is 28.1. The lowest BCUT2D eigenvalue weighted by molar-refractivity contribution is 0.478. The van der Waals surface area contributed by atoms with E-state index in [2.05, 4.69) is 150 Å².